The molecule has 0 aliphatic rings. The van der Waals surface area contributed by atoms with Gasteiger partial charge >= 0.3 is 0 Å². The lowest BCUT2D eigenvalue weighted by Gasteiger charge is -2.08. The van der Waals surface area contributed by atoms with Crippen molar-refractivity contribution in [1.82, 2.24) is 14.2 Å². The Morgan fingerprint density at radius 1 is 1.04 bits per heavy atom. The van der Waals surface area contributed by atoms with Gasteiger partial charge in [0.15, 0.2) is 5.82 Å². The fourth-order valence-electron chi connectivity index (χ4n) is 2.37. The molecule has 6 nitrogen and oxygen atoms in total. The van der Waals surface area contributed by atoms with Crippen LogP contribution in [0.25, 0.3) is 10.7 Å². The topological polar surface area (TPSA) is 76.9 Å². The van der Waals surface area contributed by atoms with Crippen LogP contribution in [0.5, 0.6) is 0 Å². The van der Waals surface area contributed by atoms with E-state index in [2.05, 4.69) is 15.4 Å². The molecule has 0 saturated carbocycles. The molecular weight excluding hydrogens is 424 g/mol. The molecule has 27 heavy (non-hydrogen) atoms. The van der Waals surface area contributed by atoms with Gasteiger partial charge in [0.1, 0.15) is 0 Å². The van der Waals surface area contributed by atoms with Crippen LogP contribution in [0.1, 0.15) is 4.88 Å². The summed E-state index contributed by atoms with van der Waals surface area (Å²) in [7, 11) is -3.92. The molecule has 3 heterocycles. The smallest absolute Gasteiger partial charge is 0.286 e. The van der Waals surface area contributed by atoms with Crippen molar-refractivity contribution in [2.45, 2.75) is 11.4 Å². The Bertz CT molecular complexity index is 1140. The van der Waals surface area contributed by atoms with Crippen molar-refractivity contribution >= 4 is 50.2 Å². The Balaban J connectivity index is 1.76. The number of anilines is 1. The van der Waals surface area contributed by atoms with Crippen LogP contribution in [0.2, 0.25) is 5.02 Å². The average Bonchev–Trinajstić information content (AvgIpc) is 3.40. The van der Waals surface area contributed by atoms with Gasteiger partial charge in [0.25, 0.3) is 10.0 Å². The van der Waals surface area contributed by atoms with E-state index < -0.39 is 10.0 Å². The summed E-state index contributed by atoms with van der Waals surface area (Å²) < 4.78 is 27.1. The lowest BCUT2D eigenvalue weighted by atomic mass is 10.4. The van der Waals surface area contributed by atoms with Gasteiger partial charge in [0, 0.05) is 9.90 Å². The summed E-state index contributed by atoms with van der Waals surface area (Å²) in [6.07, 6.45) is 0. The van der Waals surface area contributed by atoms with Crippen molar-refractivity contribution in [1.29, 1.82) is 0 Å². The summed E-state index contributed by atoms with van der Waals surface area (Å²) in [5.74, 6) is 0.526. The normalized spacial score (nSPS) is 11.6. The SMILES string of the molecule is O=S(=O)(c1ccc(Cl)cc1)n1nc(-c2cccs2)nc1NCc1cccs1. The van der Waals surface area contributed by atoms with Crippen molar-refractivity contribution in [3.63, 3.8) is 0 Å². The summed E-state index contributed by atoms with van der Waals surface area (Å²) in [6.45, 7) is 0.455. The van der Waals surface area contributed by atoms with E-state index in [4.69, 9.17) is 11.6 Å². The van der Waals surface area contributed by atoms with Crippen LogP contribution >= 0.6 is 34.3 Å². The predicted molar refractivity (Wildman–Crippen MR) is 109 cm³/mol. The van der Waals surface area contributed by atoms with Crippen LogP contribution < -0.4 is 5.32 Å². The molecular formula is C17H13ClN4O2S3. The maximum absolute atomic E-state index is 13.1. The van der Waals surface area contributed by atoms with Gasteiger partial charge in [-0.25, -0.2) is 0 Å². The summed E-state index contributed by atoms with van der Waals surface area (Å²) in [4.78, 5) is 6.36. The zero-order valence-corrected chi connectivity index (χ0v) is 16.9. The van der Waals surface area contributed by atoms with Crippen LogP contribution in [-0.2, 0) is 16.6 Å². The van der Waals surface area contributed by atoms with E-state index in [-0.39, 0.29) is 10.8 Å². The number of aromatic nitrogens is 3. The highest BCUT2D eigenvalue weighted by Gasteiger charge is 2.25. The Labute approximate surface area is 169 Å². The van der Waals surface area contributed by atoms with E-state index in [0.29, 0.717) is 17.4 Å². The molecule has 1 N–H and O–H groups in total. The Kier molecular flexibility index (Phi) is 5.00. The third-order valence-electron chi connectivity index (χ3n) is 3.66. The van der Waals surface area contributed by atoms with E-state index in [1.54, 1.807) is 11.3 Å². The molecule has 0 atom stereocenters. The summed E-state index contributed by atoms with van der Waals surface area (Å²) in [5, 5.41) is 11.7. The minimum absolute atomic E-state index is 0.0914. The average molecular weight is 437 g/mol. The molecule has 0 radical (unpaired) electrons. The minimum atomic E-state index is -3.92. The van der Waals surface area contributed by atoms with Crippen molar-refractivity contribution in [2.24, 2.45) is 0 Å². The number of hydrogen-bond donors (Lipinski definition) is 1. The highest BCUT2D eigenvalue weighted by atomic mass is 35.5. The highest BCUT2D eigenvalue weighted by Crippen LogP contribution is 2.26. The van der Waals surface area contributed by atoms with Gasteiger partial charge in [-0.1, -0.05) is 23.7 Å². The van der Waals surface area contributed by atoms with E-state index in [1.165, 1.54) is 35.6 Å². The zero-order chi connectivity index (χ0) is 18.9. The molecule has 3 aromatic heterocycles. The molecule has 4 rings (SSSR count). The molecule has 0 aliphatic heterocycles. The molecule has 0 bridgehead atoms. The number of nitrogens with one attached hydrogen (secondary N) is 1. The molecule has 0 aliphatic carbocycles. The molecule has 0 saturated heterocycles. The lowest BCUT2D eigenvalue weighted by Crippen LogP contribution is -2.18. The molecule has 4 aromatic rings. The van der Waals surface area contributed by atoms with E-state index in [0.717, 1.165) is 13.8 Å². The molecule has 0 spiro atoms. The van der Waals surface area contributed by atoms with Crippen molar-refractivity contribution in [3.05, 3.63) is 69.2 Å². The molecule has 10 heteroatoms. The van der Waals surface area contributed by atoms with Crippen molar-refractivity contribution in [2.75, 3.05) is 5.32 Å². The number of rotatable bonds is 6. The highest BCUT2D eigenvalue weighted by molar-refractivity contribution is 7.90. The number of halogens is 1. The summed E-state index contributed by atoms with van der Waals surface area (Å²) in [5.41, 5.74) is 0. The molecule has 0 amide bonds. The van der Waals surface area contributed by atoms with Crippen LogP contribution in [0, 0.1) is 0 Å². The molecule has 1 aromatic carbocycles. The predicted octanol–water partition coefficient (Wildman–Crippen LogP) is 4.57. The zero-order valence-electron chi connectivity index (χ0n) is 13.7. The first-order chi connectivity index (χ1) is 13.0. The third kappa shape index (κ3) is 3.77. The van der Waals surface area contributed by atoms with Gasteiger partial charge in [0.2, 0.25) is 5.95 Å². The lowest BCUT2D eigenvalue weighted by molar-refractivity contribution is 0.581. The fraction of sp³-hybridized carbons (Fsp3) is 0.0588. The van der Waals surface area contributed by atoms with Crippen LogP contribution in [-0.4, -0.2) is 22.6 Å². The minimum Gasteiger partial charge on any atom is -0.349 e. The second-order valence-corrected chi connectivity index (χ2v) is 9.65. The summed E-state index contributed by atoms with van der Waals surface area (Å²) >= 11 is 8.90. The quantitative estimate of drug-likeness (QED) is 0.479. The second-order valence-electron chi connectivity index (χ2n) is 5.47. The maximum atomic E-state index is 13.1. The first-order valence-corrected chi connectivity index (χ1v) is 11.4. The van der Waals surface area contributed by atoms with Crippen LogP contribution in [0.3, 0.4) is 0 Å². The van der Waals surface area contributed by atoms with Crippen LogP contribution in [0.15, 0.2) is 64.2 Å². The monoisotopic (exact) mass is 436 g/mol. The van der Waals surface area contributed by atoms with E-state index in [1.807, 2.05) is 35.0 Å². The van der Waals surface area contributed by atoms with Gasteiger partial charge in [-0.15, -0.1) is 31.9 Å². The number of nitrogens with zero attached hydrogens (tertiary/aromatic N) is 3. The number of hydrogen-bond acceptors (Lipinski definition) is 7. The van der Waals surface area contributed by atoms with Gasteiger partial charge in [-0.05, 0) is 47.2 Å². The number of thiophene rings is 2. The second kappa shape index (κ2) is 7.43. The maximum Gasteiger partial charge on any atom is 0.286 e. The third-order valence-corrected chi connectivity index (χ3v) is 7.23. The van der Waals surface area contributed by atoms with E-state index in [9.17, 15) is 8.42 Å². The molecule has 0 unspecified atom stereocenters. The standard InChI is InChI=1S/C17H13ClN4O2S3/c18-12-5-7-14(8-6-12)27(23,24)22-17(19-11-13-3-1-9-25-13)20-16(21-22)15-4-2-10-26-15/h1-10H,11H2,(H,19,20,21). The van der Waals surface area contributed by atoms with Crippen molar-refractivity contribution in [3.8, 4) is 10.7 Å². The molecule has 138 valence electrons. The largest absolute Gasteiger partial charge is 0.349 e. The first kappa shape index (κ1) is 18.2. The van der Waals surface area contributed by atoms with E-state index >= 15 is 0 Å². The van der Waals surface area contributed by atoms with Gasteiger partial charge < -0.3 is 5.32 Å². The first-order valence-electron chi connectivity index (χ1n) is 7.82. The molecule has 0 fully saturated rings. The fourth-order valence-corrected chi connectivity index (χ4v) is 4.99. The van der Waals surface area contributed by atoms with Crippen LogP contribution in [0.4, 0.5) is 5.95 Å². The van der Waals surface area contributed by atoms with Gasteiger partial charge in [-0.2, -0.15) is 13.4 Å². The van der Waals surface area contributed by atoms with Gasteiger partial charge in [-0.3, -0.25) is 0 Å². The number of benzene rings is 1. The Hall–Kier alpha value is -2.20. The van der Waals surface area contributed by atoms with Crippen molar-refractivity contribution < 1.29 is 8.42 Å². The summed E-state index contributed by atoms with van der Waals surface area (Å²) in [6, 6.07) is 13.6. The Morgan fingerprint density at radius 2 is 1.78 bits per heavy atom. The Morgan fingerprint density at radius 3 is 2.44 bits per heavy atom. The van der Waals surface area contributed by atoms with Gasteiger partial charge in [0.05, 0.1) is 16.3 Å².